The van der Waals surface area contributed by atoms with Crippen molar-refractivity contribution in [3.8, 4) is 0 Å². The highest BCUT2D eigenvalue weighted by Gasteiger charge is 2.34. The molecule has 0 spiro atoms. The second-order valence-electron chi connectivity index (χ2n) is 4.89. The van der Waals surface area contributed by atoms with Crippen LogP contribution in [0.15, 0.2) is 0 Å². The van der Waals surface area contributed by atoms with E-state index in [9.17, 15) is 16.8 Å². The van der Waals surface area contributed by atoms with E-state index in [0.29, 0.717) is 6.42 Å². The van der Waals surface area contributed by atoms with Crippen LogP contribution in [0, 0.1) is 0 Å². The van der Waals surface area contributed by atoms with Gasteiger partial charge in [0.2, 0.25) is 0 Å². The van der Waals surface area contributed by atoms with Crippen molar-refractivity contribution >= 4 is 19.7 Å². The lowest BCUT2D eigenvalue weighted by Crippen LogP contribution is -2.33. The zero-order valence-electron chi connectivity index (χ0n) is 12.4. The van der Waals surface area contributed by atoms with Gasteiger partial charge in [-0.1, -0.05) is 59.3 Å². The first-order chi connectivity index (χ1) is 8.81. The van der Waals surface area contributed by atoms with Gasteiger partial charge in [0.05, 0.1) is 0 Å². The third-order valence-electron chi connectivity index (χ3n) is 3.40. The second-order valence-corrected chi connectivity index (χ2v) is 10.1. The second kappa shape index (κ2) is 8.95. The maximum absolute atomic E-state index is 11.9. The summed E-state index contributed by atoms with van der Waals surface area (Å²) in [4.78, 5) is 0. The average Bonchev–Trinajstić information content (AvgIpc) is 2.37. The molecule has 0 unspecified atom stereocenters. The highest BCUT2D eigenvalue weighted by molar-refractivity contribution is 8.09. The summed E-state index contributed by atoms with van der Waals surface area (Å²) in [6.45, 7) is 5.15. The Bertz CT molecular complexity index is 390. The van der Waals surface area contributed by atoms with Crippen LogP contribution >= 0.6 is 0 Å². The van der Waals surface area contributed by atoms with Gasteiger partial charge in [0.1, 0.15) is 0 Å². The molecule has 19 heavy (non-hydrogen) atoms. The lowest BCUT2D eigenvalue weighted by atomic mass is 10.1. The summed E-state index contributed by atoms with van der Waals surface area (Å²) >= 11 is 0. The molecule has 0 N–H and O–H groups in total. The van der Waals surface area contributed by atoms with Crippen LogP contribution in [0.1, 0.15) is 65.7 Å². The van der Waals surface area contributed by atoms with E-state index in [1.165, 1.54) is 20.3 Å². The Morgan fingerprint density at radius 3 is 1.53 bits per heavy atom. The first kappa shape index (κ1) is 18.9. The summed E-state index contributed by atoms with van der Waals surface area (Å²) in [6, 6.07) is 0. The Balaban J connectivity index is 4.48. The number of hydrogen-bond donors (Lipinski definition) is 0. The van der Waals surface area contributed by atoms with E-state index in [4.69, 9.17) is 0 Å². The lowest BCUT2D eigenvalue weighted by Gasteiger charge is -2.16. The fourth-order valence-corrected chi connectivity index (χ4v) is 6.44. The molecule has 0 aliphatic carbocycles. The predicted molar refractivity (Wildman–Crippen MR) is 80.7 cm³/mol. The van der Waals surface area contributed by atoms with Gasteiger partial charge in [0, 0.05) is 11.5 Å². The quantitative estimate of drug-likeness (QED) is 0.550. The molecule has 0 aromatic carbocycles. The number of sulfone groups is 2. The van der Waals surface area contributed by atoms with Crippen LogP contribution in [0.4, 0.5) is 0 Å². The monoisotopic (exact) mass is 312 g/mol. The third-order valence-corrected chi connectivity index (χ3v) is 8.84. The standard InChI is InChI=1S/C13H28O4S2/c1-4-7-8-9-10-11-12-13(18(14,15)5-2)19(16,17)6-3/h13H,4-12H2,1-3H3. The van der Waals surface area contributed by atoms with Gasteiger partial charge in [-0.25, -0.2) is 16.8 Å². The first-order valence-corrected chi connectivity index (χ1v) is 10.7. The fraction of sp³-hybridized carbons (Fsp3) is 1.00. The molecule has 0 bridgehead atoms. The largest absolute Gasteiger partial charge is 0.228 e. The molecule has 0 aliphatic rings. The molecule has 0 amide bonds. The average molecular weight is 312 g/mol. The minimum absolute atomic E-state index is 0.104. The van der Waals surface area contributed by atoms with Gasteiger partial charge in [-0.3, -0.25) is 0 Å². The Hall–Kier alpha value is -0.100. The first-order valence-electron chi connectivity index (χ1n) is 7.24. The molecule has 6 heteroatoms. The van der Waals surface area contributed by atoms with Crippen molar-refractivity contribution in [3.05, 3.63) is 0 Å². The summed E-state index contributed by atoms with van der Waals surface area (Å²) < 4.78 is 46.4. The zero-order valence-corrected chi connectivity index (χ0v) is 14.0. The Labute approximate surface area is 118 Å². The van der Waals surface area contributed by atoms with Gasteiger partial charge >= 0.3 is 0 Å². The fourth-order valence-electron chi connectivity index (χ4n) is 2.05. The van der Waals surface area contributed by atoms with Crippen LogP contribution in [0.2, 0.25) is 0 Å². The van der Waals surface area contributed by atoms with Crippen molar-refractivity contribution in [2.24, 2.45) is 0 Å². The van der Waals surface area contributed by atoms with E-state index in [-0.39, 0.29) is 17.9 Å². The minimum Gasteiger partial charge on any atom is -0.228 e. The maximum Gasteiger partial charge on any atom is 0.167 e. The number of unbranched alkanes of at least 4 members (excludes halogenated alkanes) is 5. The third kappa shape index (κ3) is 6.75. The van der Waals surface area contributed by atoms with Crippen LogP contribution in [0.25, 0.3) is 0 Å². The molecule has 0 fully saturated rings. The van der Waals surface area contributed by atoms with E-state index in [2.05, 4.69) is 6.92 Å². The zero-order chi connectivity index (χ0) is 14.9. The van der Waals surface area contributed by atoms with Gasteiger partial charge < -0.3 is 0 Å². The molecule has 0 heterocycles. The van der Waals surface area contributed by atoms with Crippen molar-refractivity contribution in [1.82, 2.24) is 0 Å². The van der Waals surface area contributed by atoms with Crippen molar-refractivity contribution in [3.63, 3.8) is 0 Å². The highest BCUT2D eigenvalue weighted by atomic mass is 32.3. The van der Waals surface area contributed by atoms with Crippen LogP contribution in [-0.2, 0) is 19.7 Å². The molecule has 4 nitrogen and oxygen atoms in total. The van der Waals surface area contributed by atoms with Gasteiger partial charge in [-0.15, -0.1) is 0 Å². The predicted octanol–water partition coefficient (Wildman–Crippen LogP) is 2.93. The Kier molecular flexibility index (Phi) is 8.90. The summed E-state index contributed by atoms with van der Waals surface area (Å²) in [6.07, 6.45) is 6.38. The van der Waals surface area contributed by atoms with Crippen LogP contribution < -0.4 is 0 Å². The SMILES string of the molecule is CCCCCCCCC(S(=O)(=O)CC)S(=O)(=O)CC. The van der Waals surface area contributed by atoms with Crippen molar-refractivity contribution in [1.29, 1.82) is 0 Å². The van der Waals surface area contributed by atoms with Gasteiger partial charge in [0.15, 0.2) is 24.3 Å². The van der Waals surface area contributed by atoms with Gasteiger partial charge in [-0.2, -0.15) is 0 Å². The highest BCUT2D eigenvalue weighted by Crippen LogP contribution is 2.19. The summed E-state index contributed by atoms with van der Waals surface area (Å²) in [5, 5.41) is 0. The van der Waals surface area contributed by atoms with Crippen molar-refractivity contribution < 1.29 is 16.8 Å². The molecular weight excluding hydrogens is 284 g/mol. The summed E-state index contributed by atoms with van der Waals surface area (Å²) in [7, 11) is -7.03. The van der Waals surface area contributed by atoms with E-state index in [0.717, 1.165) is 25.7 Å². The number of rotatable bonds is 11. The van der Waals surface area contributed by atoms with Gasteiger partial charge in [-0.05, 0) is 6.42 Å². The maximum atomic E-state index is 11.9. The molecule has 0 aliphatic heterocycles. The molecule has 0 aromatic heterocycles. The van der Waals surface area contributed by atoms with Crippen molar-refractivity contribution in [2.45, 2.75) is 70.3 Å². The van der Waals surface area contributed by atoms with Crippen LogP contribution in [0.5, 0.6) is 0 Å². The molecule has 0 radical (unpaired) electrons. The van der Waals surface area contributed by atoms with Gasteiger partial charge in [0.25, 0.3) is 0 Å². The van der Waals surface area contributed by atoms with E-state index in [1.807, 2.05) is 0 Å². The molecule has 0 atom stereocenters. The van der Waals surface area contributed by atoms with Crippen molar-refractivity contribution in [2.75, 3.05) is 11.5 Å². The molecule has 0 rings (SSSR count). The normalized spacial score (nSPS) is 13.1. The Morgan fingerprint density at radius 2 is 1.11 bits per heavy atom. The number of hydrogen-bond acceptors (Lipinski definition) is 4. The molecule has 0 aromatic rings. The molecule has 116 valence electrons. The summed E-state index contributed by atoms with van der Waals surface area (Å²) in [5.74, 6) is -0.209. The lowest BCUT2D eigenvalue weighted by molar-refractivity contribution is 0.554. The topological polar surface area (TPSA) is 68.3 Å². The smallest absolute Gasteiger partial charge is 0.167 e. The van der Waals surface area contributed by atoms with E-state index < -0.39 is 24.3 Å². The summed E-state index contributed by atoms with van der Waals surface area (Å²) in [5.41, 5.74) is 0. The Morgan fingerprint density at radius 1 is 0.684 bits per heavy atom. The van der Waals surface area contributed by atoms with Crippen LogP contribution in [-0.4, -0.2) is 32.9 Å². The van der Waals surface area contributed by atoms with E-state index >= 15 is 0 Å². The van der Waals surface area contributed by atoms with Crippen LogP contribution in [0.3, 0.4) is 0 Å². The molecule has 0 saturated heterocycles. The van der Waals surface area contributed by atoms with E-state index in [1.54, 1.807) is 0 Å². The molecular formula is C13H28O4S2. The minimum atomic E-state index is -3.52. The molecule has 0 saturated carbocycles.